The van der Waals surface area contributed by atoms with Crippen molar-refractivity contribution in [1.82, 2.24) is 9.21 Å². The monoisotopic (exact) mass is 430 g/mol. The Bertz CT molecular complexity index is 642. The number of hydrogen-bond donors (Lipinski definition) is 0. The van der Waals surface area contributed by atoms with E-state index >= 15 is 0 Å². The molecule has 22 heavy (non-hydrogen) atoms. The van der Waals surface area contributed by atoms with E-state index in [0.717, 1.165) is 4.31 Å². The SMILES string of the molecule is CCCN(CC(=O)N(C)C)S(=O)(=O)c1c(Cl)cc(Br)cc1Cl. The van der Waals surface area contributed by atoms with Crippen LogP contribution in [0.15, 0.2) is 21.5 Å². The van der Waals surface area contributed by atoms with E-state index in [9.17, 15) is 13.2 Å². The largest absolute Gasteiger partial charge is 0.348 e. The van der Waals surface area contributed by atoms with Gasteiger partial charge in [-0.25, -0.2) is 8.42 Å². The molecule has 0 saturated carbocycles. The van der Waals surface area contributed by atoms with Gasteiger partial charge in [0.1, 0.15) is 4.90 Å². The predicted octanol–water partition coefficient (Wildman–Crippen LogP) is 3.24. The number of halogens is 3. The minimum atomic E-state index is -3.97. The molecule has 0 heterocycles. The summed E-state index contributed by atoms with van der Waals surface area (Å²) in [5.41, 5.74) is 0. The van der Waals surface area contributed by atoms with Gasteiger partial charge in [0, 0.05) is 25.1 Å². The van der Waals surface area contributed by atoms with Crippen molar-refractivity contribution in [2.24, 2.45) is 0 Å². The third-order valence-corrected chi connectivity index (χ3v) is 6.07. The summed E-state index contributed by atoms with van der Waals surface area (Å²) in [5.74, 6) is -0.318. The molecule has 0 spiro atoms. The summed E-state index contributed by atoms with van der Waals surface area (Å²) in [7, 11) is -0.833. The number of carbonyl (C=O) groups excluding carboxylic acids is 1. The molecule has 0 aromatic heterocycles. The molecule has 0 aliphatic carbocycles. The van der Waals surface area contributed by atoms with Crippen LogP contribution in [0, 0.1) is 0 Å². The third kappa shape index (κ3) is 4.58. The molecule has 0 bridgehead atoms. The van der Waals surface area contributed by atoms with Gasteiger partial charge in [0.15, 0.2) is 0 Å². The van der Waals surface area contributed by atoms with Crippen LogP contribution >= 0.6 is 39.1 Å². The van der Waals surface area contributed by atoms with Crippen LogP contribution in [0.3, 0.4) is 0 Å². The lowest BCUT2D eigenvalue weighted by molar-refractivity contribution is -0.128. The second kappa shape index (κ2) is 7.97. The van der Waals surface area contributed by atoms with Gasteiger partial charge >= 0.3 is 0 Å². The predicted molar refractivity (Wildman–Crippen MR) is 91.9 cm³/mol. The highest BCUT2D eigenvalue weighted by Gasteiger charge is 2.30. The Labute approximate surface area is 149 Å². The minimum Gasteiger partial charge on any atom is -0.348 e. The van der Waals surface area contributed by atoms with Gasteiger partial charge in [0.05, 0.1) is 16.6 Å². The molecule has 0 fully saturated rings. The maximum absolute atomic E-state index is 12.8. The van der Waals surface area contributed by atoms with Crippen LogP contribution in [0.5, 0.6) is 0 Å². The molecule has 0 atom stereocenters. The number of rotatable bonds is 6. The molecule has 0 unspecified atom stereocenters. The lowest BCUT2D eigenvalue weighted by Crippen LogP contribution is -2.40. The second-order valence-corrected chi connectivity index (χ2v) is 8.43. The van der Waals surface area contributed by atoms with Crippen molar-refractivity contribution in [2.45, 2.75) is 18.2 Å². The van der Waals surface area contributed by atoms with Crippen LogP contribution in [-0.2, 0) is 14.8 Å². The third-order valence-electron chi connectivity index (χ3n) is 2.84. The molecule has 124 valence electrons. The van der Waals surface area contributed by atoms with Crippen LogP contribution in [0.4, 0.5) is 0 Å². The van der Waals surface area contributed by atoms with E-state index < -0.39 is 10.0 Å². The van der Waals surface area contributed by atoms with Gasteiger partial charge in [-0.2, -0.15) is 4.31 Å². The number of amides is 1. The van der Waals surface area contributed by atoms with Gasteiger partial charge in [-0.1, -0.05) is 46.1 Å². The Morgan fingerprint density at radius 2 is 1.73 bits per heavy atom. The number of sulfonamides is 1. The lowest BCUT2D eigenvalue weighted by Gasteiger charge is -2.23. The first-order valence-electron chi connectivity index (χ1n) is 6.46. The number of likely N-dealkylation sites (N-methyl/N-ethyl adjacent to an activating group) is 1. The molecule has 9 heteroatoms. The average molecular weight is 432 g/mol. The minimum absolute atomic E-state index is 0.0118. The summed E-state index contributed by atoms with van der Waals surface area (Å²) < 4.78 is 27.3. The Morgan fingerprint density at radius 3 is 2.14 bits per heavy atom. The molecule has 0 saturated heterocycles. The first-order valence-corrected chi connectivity index (χ1v) is 9.45. The fourth-order valence-corrected chi connectivity index (χ4v) is 5.10. The molecule has 1 aromatic carbocycles. The molecule has 0 aliphatic rings. The quantitative estimate of drug-likeness (QED) is 0.694. The lowest BCUT2D eigenvalue weighted by atomic mass is 10.4. The summed E-state index contributed by atoms with van der Waals surface area (Å²) >= 11 is 15.3. The number of hydrogen-bond acceptors (Lipinski definition) is 3. The van der Waals surface area contributed by atoms with Crippen molar-refractivity contribution >= 4 is 55.1 Å². The summed E-state index contributed by atoms with van der Waals surface area (Å²) in [4.78, 5) is 13.0. The van der Waals surface area contributed by atoms with Crippen molar-refractivity contribution in [2.75, 3.05) is 27.2 Å². The highest BCUT2D eigenvalue weighted by Crippen LogP contribution is 2.34. The van der Waals surface area contributed by atoms with E-state index in [1.54, 1.807) is 14.1 Å². The summed E-state index contributed by atoms with van der Waals surface area (Å²) in [6, 6.07) is 2.91. The second-order valence-electron chi connectivity index (χ2n) is 4.83. The Hall–Kier alpha value is -0.340. The van der Waals surface area contributed by atoms with Crippen molar-refractivity contribution in [1.29, 1.82) is 0 Å². The van der Waals surface area contributed by atoms with Gasteiger partial charge in [0.2, 0.25) is 15.9 Å². The van der Waals surface area contributed by atoms with Crippen LogP contribution in [0.2, 0.25) is 10.0 Å². The Kier molecular flexibility index (Phi) is 7.14. The van der Waals surface area contributed by atoms with E-state index in [-0.39, 0.29) is 33.9 Å². The van der Waals surface area contributed by atoms with Crippen LogP contribution in [0.1, 0.15) is 13.3 Å². The smallest absolute Gasteiger partial charge is 0.246 e. The zero-order valence-corrected chi connectivity index (χ0v) is 16.4. The van der Waals surface area contributed by atoms with E-state index in [1.807, 2.05) is 6.92 Å². The zero-order chi connectivity index (χ0) is 17.1. The van der Waals surface area contributed by atoms with E-state index in [0.29, 0.717) is 10.9 Å². The van der Waals surface area contributed by atoms with Gasteiger partial charge < -0.3 is 4.90 Å². The molecule has 0 N–H and O–H groups in total. The highest BCUT2D eigenvalue weighted by molar-refractivity contribution is 9.10. The van der Waals surface area contributed by atoms with Gasteiger partial charge in [-0.05, 0) is 18.6 Å². The van der Waals surface area contributed by atoms with Gasteiger partial charge in [-0.3, -0.25) is 4.79 Å². The van der Waals surface area contributed by atoms with Crippen molar-refractivity contribution in [3.63, 3.8) is 0 Å². The summed E-state index contributed by atoms with van der Waals surface area (Å²) in [6.07, 6.45) is 0.561. The van der Waals surface area contributed by atoms with Crippen LogP contribution in [-0.4, -0.2) is 50.7 Å². The topological polar surface area (TPSA) is 57.7 Å². The number of benzene rings is 1. The molecule has 1 aromatic rings. The molecule has 0 radical (unpaired) electrons. The molecule has 0 aliphatic heterocycles. The standard InChI is InChI=1S/C13H17BrCl2N2O3S/c1-4-5-18(8-12(19)17(2)3)22(20,21)13-10(15)6-9(14)7-11(13)16/h6-7H,4-5,8H2,1-3H3. The highest BCUT2D eigenvalue weighted by atomic mass is 79.9. The number of carbonyl (C=O) groups is 1. The van der Waals surface area contributed by atoms with Gasteiger partial charge in [-0.15, -0.1) is 0 Å². The summed E-state index contributed by atoms with van der Waals surface area (Å²) in [6.45, 7) is 1.77. The summed E-state index contributed by atoms with van der Waals surface area (Å²) in [5, 5.41) is 0.0237. The fraction of sp³-hybridized carbons (Fsp3) is 0.462. The van der Waals surface area contributed by atoms with Crippen LogP contribution in [0.25, 0.3) is 0 Å². The van der Waals surface area contributed by atoms with E-state index in [1.165, 1.54) is 17.0 Å². The zero-order valence-electron chi connectivity index (χ0n) is 12.4. The molecular weight excluding hydrogens is 415 g/mol. The van der Waals surface area contributed by atoms with Crippen LogP contribution < -0.4 is 0 Å². The fourth-order valence-electron chi connectivity index (χ4n) is 1.73. The molecule has 1 amide bonds. The maximum atomic E-state index is 12.8. The van der Waals surface area contributed by atoms with Crippen molar-refractivity contribution in [3.05, 3.63) is 26.7 Å². The molecule has 5 nitrogen and oxygen atoms in total. The molecule has 1 rings (SSSR count). The number of nitrogens with zero attached hydrogens (tertiary/aromatic N) is 2. The van der Waals surface area contributed by atoms with Crippen molar-refractivity contribution < 1.29 is 13.2 Å². The van der Waals surface area contributed by atoms with Crippen molar-refractivity contribution in [3.8, 4) is 0 Å². The van der Waals surface area contributed by atoms with E-state index in [4.69, 9.17) is 23.2 Å². The Balaban J connectivity index is 3.32. The van der Waals surface area contributed by atoms with E-state index in [2.05, 4.69) is 15.9 Å². The molecular formula is C13H17BrCl2N2O3S. The van der Waals surface area contributed by atoms with Gasteiger partial charge in [0.25, 0.3) is 0 Å². The average Bonchev–Trinajstić information content (AvgIpc) is 2.36. The first kappa shape index (κ1) is 19.7. The Morgan fingerprint density at radius 1 is 1.23 bits per heavy atom. The first-order chi connectivity index (χ1) is 10.1. The normalized spacial score (nSPS) is 11.8. The maximum Gasteiger partial charge on any atom is 0.246 e.